The quantitative estimate of drug-likeness (QED) is 0.604. The molecular formula is C14H15IN2O3. The zero-order valence-corrected chi connectivity index (χ0v) is 13.2. The van der Waals surface area contributed by atoms with Crippen LogP contribution >= 0.6 is 22.6 Å². The SMILES string of the molecule is C#CCN(CCC)C(=O)Nc1ccc(I)cc1C(=O)O. The molecule has 5 nitrogen and oxygen atoms in total. The number of hydrogen-bond donors (Lipinski definition) is 2. The van der Waals surface area contributed by atoms with Crippen LogP contribution in [-0.2, 0) is 0 Å². The maximum Gasteiger partial charge on any atom is 0.337 e. The van der Waals surface area contributed by atoms with Gasteiger partial charge in [-0.1, -0.05) is 12.8 Å². The third-order valence-electron chi connectivity index (χ3n) is 2.52. The highest BCUT2D eigenvalue weighted by Crippen LogP contribution is 2.19. The molecule has 0 spiro atoms. The minimum atomic E-state index is -1.09. The van der Waals surface area contributed by atoms with E-state index in [-0.39, 0.29) is 17.8 Å². The number of aromatic carboxylic acids is 1. The fourth-order valence-electron chi connectivity index (χ4n) is 1.63. The van der Waals surface area contributed by atoms with Gasteiger partial charge in [0.15, 0.2) is 0 Å². The van der Waals surface area contributed by atoms with Crippen LogP contribution in [0.2, 0.25) is 0 Å². The summed E-state index contributed by atoms with van der Waals surface area (Å²) < 4.78 is 0.784. The summed E-state index contributed by atoms with van der Waals surface area (Å²) >= 11 is 2.02. The van der Waals surface area contributed by atoms with Crippen molar-refractivity contribution in [1.82, 2.24) is 4.90 Å². The Morgan fingerprint density at radius 1 is 1.50 bits per heavy atom. The van der Waals surface area contributed by atoms with Crippen molar-refractivity contribution < 1.29 is 14.7 Å². The van der Waals surface area contributed by atoms with E-state index in [0.717, 1.165) is 9.99 Å². The highest BCUT2D eigenvalue weighted by Gasteiger charge is 2.16. The molecule has 0 radical (unpaired) electrons. The molecule has 106 valence electrons. The molecule has 0 bridgehead atoms. The summed E-state index contributed by atoms with van der Waals surface area (Å²) in [5.41, 5.74) is 0.323. The zero-order valence-electron chi connectivity index (χ0n) is 11.0. The Kier molecular flexibility index (Phi) is 6.31. The first kappa shape index (κ1) is 16.3. The zero-order chi connectivity index (χ0) is 15.1. The van der Waals surface area contributed by atoms with Gasteiger partial charge in [-0.25, -0.2) is 9.59 Å². The number of rotatable bonds is 5. The predicted octanol–water partition coefficient (Wildman–Crippen LogP) is 2.87. The molecular weight excluding hydrogens is 371 g/mol. The summed E-state index contributed by atoms with van der Waals surface area (Å²) in [5, 5.41) is 11.7. The van der Waals surface area contributed by atoms with Crippen LogP contribution in [0.1, 0.15) is 23.7 Å². The average molecular weight is 386 g/mol. The van der Waals surface area contributed by atoms with Gasteiger partial charge >= 0.3 is 12.0 Å². The Hall–Kier alpha value is -1.75. The first-order chi connectivity index (χ1) is 9.49. The second kappa shape index (κ2) is 7.75. The molecule has 1 rings (SSSR count). The Bertz CT molecular complexity index is 552. The van der Waals surface area contributed by atoms with Gasteiger partial charge < -0.3 is 15.3 Å². The summed E-state index contributed by atoms with van der Waals surface area (Å²) in [7, 11) is 0. The maximum absolute atomic E-state index is 12.1. The van der Waals surface area contributed by atoms with E-state index < -0.39 is 12.0 Å². The fraction of sp³-hybridized carbons (Fsp3) is 0.286. The minimum Gasteiger partial charge on any atom is -0.478 e. The van der Waals surface area contributed by atoms with Gasteiger partial charge in [0, 0.05) is 10.1 Å². The number of benzene rings is 1. The second-order valence-electron chi connectivity index (χ2n) is 4.05. The van der Waals surface area contributed by atoms with Crippen LogP contribution in [-0.4, -0.2) is 35.1 Å². The van der Waals surface area contributed by atoms with Crippen molar-refractivity contribution in [2.75, 3.05) is 18.4 Å². The van der Waals surface area contributed by atoms with E-state index in [1.807, 2.05) is 29.5 Å². The molecule has 0 aliphatic carbocycles. The number of nitrogens with zero attached hydrogens (tertiary/aromatic N) is 1. The van der Waals surface area contributed by atoms with Crippen LogP contribution < -0.4 is 5.32 Å². The van der Waals surface area contributed by atoms with Crippen LogP contribution in [0.5, 0.6) is 0 Å². The molecule has 0 saturated carbocycles. The van der Waals surface area contributed by atoms with E-state index >= 15 is 0 Å². The van der Waals surface area contributed by atoms with Crippen molar-refractivity contribution in [3.8, 4) is 12.3 Å². The third kappa shape index (κ3) is 4.42. The minimum absolute atomic E-state index is 0.0578. The van der Waals surface area contributed by atoms with Crippen LogP contribution in [0.15, 0.2) is 18.2 Å². The van der Waals surface area contributed by atoms with E-state index in [2.05, 4.69) is 11.2 Å². The number of carbonyl (C=O) groups is 2. The number of amides is 2. The number of carbonyl (C=O) groups excluding carboxylic acids is 1. The highest BCUT2D eigenvalue weighted by atomic mass is 127. The van der Waals surface area contributed by atoms with E-state index in [4.69, 9.17) is 11.5 Å². The van der Waals surface area contributed by atoms with Crippen molar-refractivity contribution in [2.24, 2.45) is 0 Å². The summed E-state index contributed by atoms with van der Waals surface area (Å²) in [5.74, 6) is 1.33. The Balaban J connectivity index is 2.95. The Morgan fingerprint density at radius 2 is 2.20 bits per heavy atom. The van der Waals surface area contributed by atoms with Gasteiger partial charge in [-0.3, -0.25) is 0 Å². The molecule has 0 aliphatic heterocycles. The van der Waals surface area contributed by atoms with Gasteiger partial charge in [-0.15, -0.1) is 6.42 Å². The first-order valence-corrected chi connectivity index (χ1v) is 7.09. The van der Waals surface area contributed by atoms with Crippen molar-refractivity contribution in [3.63, 3.8) is 0 Å². The fourth-order valence-corrected chi connectivity index (χ4v) is 2.12. The van der Waals surface area contributed by atoms with E-state index in [0.29, 0.717) is 6.54 Å². The second-order valence-corrected chi connectivity index (χ2v) is 5.30. The topological polar surface area (TPSA) is 69.6 Å². The van der Waals surface area contributed by atoms with Crippen molar-refractivity contribution >= 4 is 40.3 Å². The molecule has 0 unspecified atom stereocenters. The molecule has 0 heterocycles. The number of carboxylic acids is 1. The van der Waals surface area contributed by atoms with Crippen LogP contribution in [0, 0.1) is 15.9 Å². The van der Waals surface area contributed by atoms with Gasteiger partial charge in [-0.05, 0) is 47.2 Å². The third-order valence-corrected chi connectivity index (χ3v) is 3.19. The van der Waals surface area contributed by atoms with Crippen LogP contribution in [0.25, 0.3) is 0 Å². The van der Waals surface area contributed by atoms with Gasteiger partial charge in [0.05, 0.1) is 17.8 Å². The summed E-state index contributed by atoms with van der Waals surface area (Å²) in [4.78, 5) is 24.7. The normalized spacial score (nSPS) is 9.65. The predicted molar refractivity (Wildman–Crippen MR) is 85.8 cm³/mol. The van der Waals surface area contributed by atoms with Gasteiger partial charge in [0.25, 0.3) is 0 Å². The van der Waals surface area contributed by atoms with Gasteiger partial charge in [0.1, 0.15) is 0 Å². The molecule has 1 aromatic rings. The Morgan fingerprint density at radius 3 is 2.75 bits per heavy atom. The van der Waals surface area contributed by atoms with Crippen molar-refractivity contribution in [3.05, 3.63) is 27.3 Å². The maximum atomic E-state index is 12.1. The lowest BCUT2D eigenvalue weighted by atomic mass is 10.2. The molecule has 0 fully saturated rings. The molecule has 0 atom stereocenters. The molecule has 1 aromatic carbocycles. The van der Waals surface area contributed by atoms with Crippen LogP contribution in [0.3, 0.4) is 0 Å². The summed E-state index contributed by atoms with van der Waals surface area (Å²) in [6.07, 6.45) is 5.99. The van der Waals surface area contributed by atoms with Crippen LogP contribution in [0.4, 0.5) is 10.5 Å². The lowest BCUT2D eigenvalue weighted by Crippen LogP contribution is -2.36. The summed E-state index contributed by atoms with van der Waals surface area (Å²) in [6, 6.07) is 4.41. The lowest BCUT2D eigenvalue weighted by Gasteiger charge is -2.20. The molecule has 2 amide bonds. The molecule has 2 N–H and O–H groups in total. The van der Waals surface area contributed by atoms with E-state index in [9.17, 15) is 9.59 Å². The van der Waals surface area contributed by atoms with Crippen molar-refractivity contribution in [2.45, 2.75) is 13.3 Å². The lowest BCUT2D eigenvalue weighted by molar-refractivity contribution is 0.0698. The van der Waals surface area contributed by atoms with Gasteiger partial charge in [0.2, 0.25) is 0 Å². The average Bonchev–Trinajstić information content (AvgIpc) is 2.40. The largest absolute Gasteiger partial charge is 0.478 e. The van der Waals surface area contributed by atoms with Crippen molar-refractivity contribution in [1.29, 1.82) is 0 Å². The molecule has 0 saturated heterocycles. The number of nitrogens with one attached hydrogen (secondary N) is 1. The molecule has 6 heteroatoms. The number of carboxylic acid groups (broad SMARTS) is 1. The number of hydrogen-bond acceptors (Lipinski definition) is 2. The number of terminal acetylenes is 1. The molecule has 20 heavy (non-hydrogen) atoms. The Labute approximate surface area is 131 Å². The standard InChI is InChI=1S/C14H15IN2O3/c1-3-7-17(8-4-2)14(20)16-12-6-5-10(15)9-11(12)13(18)19/h1,5-6,9H,4,7-8H2,2H3,(H,16,20)(H,18,19). The molecule has 0 aromatic heterocycles. The number of anilines is 1. The number of urea groups is 1. The highest BCUT2D eigenvalue weighted by molar-refractivity contribution is 14.1. The molecule has 0 aliphatic rings. The number of halogens is 1. The van der Waals surface area contributed by atoms with E-state index in [1.165, 1.54) is 11.0 Å². The summed E-state index contributed by atoms with van der Waals surface area (Å²) in [6.45, 7) is 2.64. The first-order valence-electron chi connectivity index (χ1n) is 6.01. The van der Waals surface area contributed by atoms with Gasteiger partial charge in [-0.2, -0.15) is 0 Å². The van der Waals surface area contributed by atoms with E-state index in [1.54, 1.807) is 12.1 Å². The smallest absolute Gasteiger partial charge is 0.337 e. The monoisotopic (exact) mass is 386 g/mol.